The zero-order valence-electron chi connectivity index (χ0n) is 19.7. The number of aryl methyl sites for hydroxylation is 3. The summed E-state index contributed by atoms with van der Waals surface area (Å²) < 4.78 is 8.28. The maximum atomic E-state index is 13.4. The second-order valence-corrected chi connectivity index (χ2v) is 9.21. The van der Waals surface area contributed by atoms with Crippen molar-refractivity contribution in [2.45, 2.75) is 33.7 Å². The summed E-state index contributed by atoms with van der Waals surface area (Å²) in [5, 5.41) is 9.97. The van der Waals surface area contributed by atoms with Crippen molar-refractivity contribution in [3.8, 4) is 11.3 Å². The zero-order valence-corrected chi connectivity index (χ0v) is 20.5. The number of hydrogen-bond donors (Lipinski definition) is 1. The molecule has 0 aliphatic carbocycles. The van der Waals surface area contributed by atoms with Crippen molar-refractivity contribution in [1.29, 1.82) is 0 Å². The fourth-order valence-corrected chi connectivity index (χ4v) is 4.64. The van der Waals surface area contributed by atoms with Gasteiger partial charge in [-0.1, -0.05) is 17.7 Å². The van der Waals surface area contributed by atoms with Gasteiger partial charge in [-0.05, 0) is 69.7 Å². The van der Waals surface area contributed by atoms with Crippen LogP contribution in [0.1, 0.15) is 35.3 Å². The summed E-state index contributed by atoms with van der Waals surface area (Å²) in [5.41, 5.74) is 6.48. The highest BCUT2D eigenvalue weighted by Crippen LogP contribution is 2.33. The van der Waals surface area contributed by atoms with Gasteiger partial charge in [-0.3, -0.25) is 9.48 Å². The Bertz CT molecular complexity index is 1630. The van der Waals surface area contributed by atoms with Gasteiger partial charge in [-0.25, -0.2) is 4.98 Å². The Labute approximate surface area is 202 Å². The molecule has 0 aliphatic rings. The maximum Gasteiger partial charge on any atom is 0.196 e. The maximum absolute atomic E-state index is 13.4. The average Bonchev–Trinajstić information content (AvgIpc) is 3.17. The standard InChI is InChI=1S/C27H25ClN4O2/c1-14-10-20(16(3)29-22-8-9-24(28)30-17(22)4)27-21(11-14)25(33)15(2)26(34-27)18-6-7-23-19(12-18)13-32(5)31-23/h6-13,16,29H,1-5H3. The highest BCUT2D eigenvalue weighted by atomic mass is 35.5. The third-order valence-corrected chi connectivity index (χ3v) is 6.37. The van der Waals surface area contributed by atoms with Crippen LogP contribution in [-0.4, -0.2) is 14.8 Å². The van der Waals surface area contributed by atoms with E-state index in [-0.39, 0.29) is 11.5 Å². The van der Waals surface area contributed by atoms with Crippen LogP contribution < -0.4 is 10.7 Å². The third-order valence-electron chi connectivity index (χ3n) is 6.16. The predicted octanol–water partition coefficient (Wildman–Crippen LogP) is 6.49. The van der Waals surface area contributed by atoms with E-state index >= 15 is 0 Å². The lowest BCUT2D eigenvalue weighted by atomic mass is 9.98. The molecule has 3 heterocycles. The molecule has 6 nitrogen and oxygen atoms in total. The Kier molecular flexibility index (Phi) is 5.41. The molecule has 0 spiro atoms. The number of nitrogens with zero attached hydrogens (tertiary/aromatic N) is 3. The van der Waals surface area contributed by atoms with Gasteiger partial charge in [-0.15, -0.1) is 0 Å². The highest BCUT2D eigenvalue weighted by molar-refractivity contribution is 6.29. The van der Waals surface area contributed by atoms with E-state index in [0.717, 1.165) is 39.0 Å². The summed E-state index contributed by atoms with van der Waals surface area (Å²) in [5.74, 6) is 0.574. The molecule has 5 aromatic rings. The van der Waals surface area contributed by atoms with Gasteiger partial charge >= 0.3 is 0 Å². The lowest BCUT2D eigenvalue weighted by Gasteiger charge is -2.19. The van der Waals surface area contributed by atoms with Gasteiger partial charge in [0.1, 0.15) is 16.5 Å². The lowest BCUT2D eigenvalue weighted by Crippen LogP contribution is -2.13. The van der Waals surface area contributed by atoms with E-state index in [1.165, 1.54) is 0 Å². The first-order valence-corrected chi connectivity index (χ1v) is 11.5. The molecule has 0 bridgehead atoms. The third kappa shape index (κ3) is 3.84. The molecule has 0 amide bonds. The van der Waals surface area contributed by atoms with Crippen LogP contribution in [0.15, 0.2) is 57.9 Å². The molecule has 7 heteroatoms. The molecule has 172 valence electrons. The van der Waals surface area contributed by atoms with Gasteiger partial charge in [0, 0.05) is 35.3 Å². The van der Waals surface area contributed by atoms with E-state index in [2.05, 4.69) is 21.5 Å². The van der Waals surface area contributed by atoms with Crippen LogP contribution in [0.3, 0.4) is 0 Å². The number of rotatable bonds is 4. The number of pyridine rings is 1. The fraction of sp³-hybridized carbons (Fsp3) is 0.222. The Hall–Kier alpha value is -3.64. The summed E-state index contributed by atoms with van der Waals surface area (Å²) in [6.45, 7) is 7.76. The fourth-order valence-electron chi connectivity index (χ4n) is 4.45. The van der Waals surface area contributed by atoms with Crippen molar-refractivity contribution in [2.24, 2.45) is 7.05 Å². The molecule has 1 N–H and O–H groups in total. The number of anilines is 1. The van der Waals surface area contributed by atoms with E-state index in [9.17, 15) is 4.79 Å². The molecular weight excluding hydrogens is 448 g/mol. The van der Waals surface area contributed by atoms with Crippen molar-refractivity contribution < 1.29 is 4.42 Å². The number of nitrogens with one attached hydrogen (secondary N) is 1. The molecule has 3 aromatic heterocycles. The van der Waals surface area contributed by atoms with Crippen molar-refractivity contribution >= 4 is 39.2 Å². The largest absolute Gasteiger partial charge is 0.455 e. The van der Waals surface area contributed by atoms with Crippen LogP contribution >= 0.6 is 11.6 Å². The first-order valence-electron chi connectivity index (χ1n) is 11.1. The second-order valence-electron chi connectivity index (χ2n) is 8.83. The van der Waals surface area contributed by atoms with Gasteiger partial charge in [0.25, 0.3) is 0 Å². The first kappa shape index (κ1) is 22.2. The Morgan fingerprint density at radius 2 is 1.88 bits per heavy atom. The van der Waals surface area contributed by atoms with Gasteiger partial charge in [0.05, 0.1) is 28.3 Å². The molecule has 2 aromatic carbocycles. The second kappa shape index (κ2) is 8.29. The molecule has 34 heavy (non-hydrogen) atoms. The van der Waals surface area contributed by atoms with E-state index in [1.54, 1.807) is 10.7 Å². The molecule has 0 aliphatic heterocycles. The van der Waals surface area contributed by atoms with Crippen LogP contribution in [0, 0.1) is 20.8 Å². The smallest absolute Gasteiger partial charge is 0.196 e. The summed E-state index contributed by atoms with van der Waals surface area (Å²) in [6.07, 6.45) is 1.95. The Balaban J connectivity index is 1.67. The minimum Gasteiger partial charge on any atom is -0.455 e. The molecule has 0 fully saturated rings. The Morgan fingerprint density at radius 1 is 1.09 bits per heavy atom. The topological polar surface area (TPSA) is 73.0 Å². The lowest BCUT2D eigenvalue weighted by molar-refractivity contribution is 0.605. The predicted molar refractivity (Wildman–Crippen MR) is 138 cm³/mol. The van der Waals surface area contributed by atoms with Crippen molar-refractivity contribution in [3.63, 3.8) is 0 Å². The van der Waals surface area contributed by atoms with Gasteiger partial charge in [0.15, 0.2) is 5.43 Å². The van der Waals surface area contributed by atoms with Gasteiger partial charge in [-0.2, -0.15) is 5.10 Å². The molecule has 1 atom stereocenters. The van der Waals surface area contributed by atoms with Gasteiger partial charge in [0.2, 0.25) is 0 Å². The van der Waals surface area contributed by atoms with Crippen LogP contribution in [0.4, 0.5) is 5.69 Å². The number of fused-ring (bicyclic) bond motifs is 2. The molecule has 0 saturated heterocycles. The van der Waals surface area contributed by atoms with E-state index < -0.39 is 0 Å². The minimum absolute atomic E-state index is 0.0241. The molecule has 0 radical (unpaired) electrons. The van der Waals surface area contributed by atoms with Crippen LogP contribution in [0.2, 0.25) is 5.15 Å². The van der Waals surface area contributed by atoms with Crippen molar-refractivity contribution in [3.05, 3.63) is 86.4 Å². The summed E-state index contributed by atoms with van der Waals surface area (Å²) >= 11 is 6.02. The number of aromatic nitrogens is 3. The van der Waals surface area contributed by atoms with Crippen LogP contribution in [0.25, 0.3) is 33.2 Å². The average molecular weight is 473 g/mol. The summed E-state index contributed by atoms with van der Waals surface area (Å²) in [6, 6.07) is 13.4. The van der Waals surface area contributed by atoms with E-state index in [1.807, 2.05) is 71.3 Å². The number of benzene rings is 2. The summed E-state index contributed by atoms with van der Waals surface area (Å²) in [4.78, 5) is 17.8. The SMILES string of the molecule is Cc1cc(C(C)Nc2ccc(Cl)nc2C)c2oc(-c3ccc4nn(C)cc4c3)c(C)c(=O)c2c1. The molecular formula is C27H25ClN4O2. The van der Waals surface area contributed by atoms with Gasteiger partial charge < -0.3 is 9.73 Å². The minimum atomic E-state index is -0.136. The zero-order chi connectivity index (χ0) is 24.1. The van der Waals surface area contributed by atoms with Crippen LogP contribution in [0.5, 0.6) is 0 Å². The monoisotopic (exact) mass is 472 g/mol. The van der Waals surface area contributed by atoms with E-state index in [0.29, 0.717) is 27.4 Å². The summed E-state index contributed by atoms with van der Waals surface area (Å²) in [7, 11) is 1.89. The molecule has 1 unspecified atom stereocenters. The number of halogens is 1. The normalized spacial score (nSPS) is 12.4. The highest BCUT2D eigenvalue weighted by Gasteiger charge is 2.20. The number of hydrogen-bond acceptors (Lipinski definition) is 5. The van der Waals surface area contributed by atoms with Crippen LogP contribution in [-0.2, 0) is 7.05 Å². The van der Waals surface area contributed by atoms with Crippen molar-refractivity contribution in [1.82, 2.24) is 14.8 Å². The quantitative estimate of drug-likeness (QED) is 0.302. The molecule has 5 rings (SSSR count). The van der Waals surface area contributed by atoms with Crippen molar-refractivity contribution in [2.75, 3.05) is 5.32 Å². The van der Waals surface area contributed by atoms with E-state index in [4.69, 9.17) is 16.0 Å². The molecule has 0 saturated carbocycles. The Morgan fingerprint density at radius 3 is 2.65 bits per heavy atom. The first-order chi connectivity index (χ1) is 16.2.